The predicted octanol–water partition coefficient (Wildman–Crippen LogP) is 6.15. The van der Waals surface area contributed by atoms with E-state index in [2.05, 4.69) is 5.10 Å². The van der Waals surface area contributed by atoms with Crippen molar-refractivity contribution in [2.45, 2.75) is 63.7 Å². The first-order valence-corrected chi connectivity index (χ1v) is 13.5. The first kappa shape index (κ1) is 26.1. The highest BCUT2D eigenvalue weighted by molar-refractivity contribution is 5.80. The van der Waals surface area contributed by atoms with Crippen LogP contribution in [-0.4, -0.2) is 38.2 Å². The molecule has 9 heteroatoms. The number of carboxylic acids is 1. The van der Waals surface area contributed by atoms with Gasteiger partial charge in [0.2, 0.25) is 0 Å². The second kappa shape index (κ2) is 10.1. The average molecular weight is 547 g/mol. The van der Waals surface area contributed by atoms with Crippen molar-refractivity contribution in [2.75, 3.05) is 6.61 Å². The van der Waals surface area contributed by atoms with Crippen molar-refractivity contribution in [1.82, 2.24) is 9.78 Å². The molecule has 0 amide bonds. The van der Waals surface area contributed by atoms with Crippen LogP contribution in [0, 0.1) is 5.82 Å². The van der Waals surface area contributed by atoms with Crippen LogP contribution in [0.3, 0.4) is 0 Å². The van der Waals surface area contributed by atoms with Crippen molar-refractivity contribution >= 4 is 16.9 Å². The highest BCUT2D eigenvalue weighted by atomic mass is 19.1. The van der Waals surface area contributed by atoms with Crippen LogP contribution in [0.1, 0.15) is 61.8 Å². The molecule has 4 aromatic rings. The number of ether oxygens (including phenoxy) is 3. The summed E-state index contributed by atoms with van der Waals surface area (Å²) in [5.41, 5.74) is 2.30. The highest BCUT2D eigenvalue weighted by Crippen LogP contribution is 2.44. The summed E-state index contributed by atoms with van der Waals surface area (Å²) in [4.78, 5) is 11.1. The van der Waals surface area contributed by atoms with Gasteiger partial charge in [0.25, 0.3) is 0 Å². The third-order valence-corrected chi connectivity index (χ3v) is 7.58. The Balaban J connectivity index is 1.19. The Morgan fingerprint density at radius 2 is 2.00 bits per heavy atom. The molecule has 0 saturated heterocycles. The van der Waals surface area contributed by atoms with Gasteiger partial charge in [-0.15, -0.1) is 0 Å². The number of hydrogen-bond acceptors (Lipinski definition) is 6. The number of halogens is 1. The van der Waals surface area contributed by atoms with E-state index in [0.717, 1.165) is 22.0 Å². The smallest absolute Gasteiger partial charge is 0.304 e. The summed E-state index contributed by atoms with van der Waals surface area (Å²) in [7, 11) is 0. The van der Waals surface area contributed by atoms with Crippen molar-refractivity contribution in [3.8, 4) is 23.0 Å². The van der Waals surface area contributed by atoms with Crippen LogP contribution in [0.4, 0.5) is 4.39 Å². The fourth-order valence-corrected chi connectivity index (χ4v) is 5.54. The number of nitrogens with zero attached hydrogens (tertiary/aromatic N) is 2. The molecule has 2 N–H and O–H groups in total. The number of hydrogen-bond donors (Lipinski definition) is 2. The fourth-order valence-electron chi connectivity index (χ4n) is 5.54. The van der Waals surface area contributed by atoms with Crippen molar-refractivity contribution in [1.29, 1.82) is 0 Å². The molecule has 8 nitrogen and oxygen atoms in total. The van der Waals surface area contributed by atoms with Crippen molar-refractivity contribution < 1.29 is 33.6 Å². The van der Waals surface area contributed by atoms with E-state index in [-0.39, 0.29) is 18.2 Å². The first-order valence-electron chi connectivity index (χ1n) is 13.5. The topological polar surface area (TPSA) is 103 Å². The van der Waals surface area contributed by atoms with Crippen LogP contribution >= 0.6 is 0 Å². The number of aliphatic carboxylic acids is 1. The normalized spacial score (nSPS) is 17.9. The maximum absolute atomic E-state index is 15.1. The maximum atomic E-state index is 15.1. The number of benzene rings is 3. The minimum absolute atomic E-state index is 0.00846. The summed E-state index contributed by atoms with van der Waals surface area (Å²) in [6, 6.07) is 14.1. The van der Waals surface area contributed by atoms with Gasteiger partial charge in [-0.05, 0) is 69.5 Å². The van der Waals surface area contributed by atoms with Gasteiger partial charge >= 0.3 is 5.97 Å². The maximum Gasteiger partial charge on any atom is 0.304 e. The zero-order valence-corrected chi connectivity index (χ0v) is 22.4. The minimum Gasteiger partial charge on any atom is -0.492 e. The molecule has 1 aliphatic carbocycles. The molecule has 0 fully saturated rings. The largest absolute Gasteiger partial charge is 0.492 e. The Labute approximate surface area is 230 Å². The van der Waals surface area contributed by atoms with Gasteiger partial charge in [0.15, 0.2) is 0 Å². The van der Waals surface area contributed by atoms with E-state index in [4.69, 9.17) is 19.3 Å². The molecule has 0 radical (unpaired) electrons. The Morgan fingerprint density at radius 1 is 1.18 bits per heavy atom. The average Bonchev–Trinajstić information content (AvgIpc) is 3.61. The van der Waals surface area contributed by atoms with Crippen molar-refractivity contribution in [3.05, 3.63) is 77.2 Å². The molecule has 208 valence electrons. The SMILES string of the molecule is CC(C)(O)CCn1ncc2cc(Oc3ccc(F)c4c3CC[C@H]4Oc3ccc4c(c3)OC[C@H]4CC(=O)O)ccc21. The molecule has 0 unspecified atom stereocenters. The van der Waals surface area contributed by atoms with Gasteiger partial charge in [0, 0.05) is 40.6 Å². The van der Waals surface area contributed by atoms with E-state index in [1.54, 1.807) is 38.2 Å². The Morgan fingerprint density at radius 3 is 2.80 bits per heavy atom. The molecule has 1 aliphatic heterocycles. The number of fused-ring (bicyclic) bond motifs is 3. The molecule has 1 aromatic heterocycles. The van der Waals surface area contributed by atoms with Crippen molar-refractivity contribution in [3.63, 3.8) is 0 Å². The van der Waals surface area contributed by atoms with Crippen LogP contribution in [0.25, 0.3) is 10.9 Å². The van der Waals surface area contributed by atoms with Gasteiger partial charge in [-0.2, -0.15) is 5.10 Å². The lowest BCUT2D eigenvalue weighted by atomic mass is 9.98. The molecule has 40 heavy (non-hydrogen) atoms. The van der Waals surface area contributed by atoms with E-state index < -0.39 is 17.7 Å². The van der Waals surface area contributed by atoms with Gasteiger partial charge in [0.05, 0.1) is 30.3 Å². The summed E-state index contributed by atoms with van der Waals surface area (Å²) in [5.74, 6) is 0.975. The van der Waals surface area contributed by atoms with E-state index in [1.807, 2.05) is 28.9 Å². The van der Waals surface area contributed by atoms with Gasteiger partial charge in [-0.1, -0.05) is 6.07 Å². The van der Waals surface area contributed by atoms with E-state index >= 15 is 4.39 Å². The summed E-state index contributed by atoms with van der Waals surface area (Å²) < 4.78 is 35.1. The van der Waals surface area contributed by atoms with E-state index in [1.165, 1.54) is 6.07 Å². The summed E-state index contributed by atoms with van der Waals surface area (Å²) in [6.45, 7) is 4.47. The molecule has 6 rings (SSSR count). The van der Waals surface area contributed by atoms with E-state index in [9.17, 15) is 9.90 Å². The summed E-state index contributed by atoms with van der Waals surface area (Å²) in [5, 5.41) is 24.5. The quantitative estimate of drug-likeness (QED) is 0.260. The van der Waals surface area contributed by atoms with Crippen LogP contribution in [0.15, 0.2) is 54.7 Å². The first-order chi connectivity index (χ1) is 19.1. The third-order valence-electron chi connectivity index (χ3n) is 7.58. The minimum atomic E-state index is -0.866. The van der Waals surface area contributed by atoms with Crippen LogP contribution < -0.4 is 14.2 Å². The number of aliphatic hydroxyl groups is 1. The van der Waals surface area contributed by atoms with E-state index in [0.29, 0.717) is 61.0 Å². The molecular weight excluding hydrogens is 515 g/mol. The van der Waals surface area contributed by atoms with Gasteiger partial charge in [-0.25, -0.2) is 4.39 Å². The zero-order valence-electron chi connectivity index (χ0n) is 22.4. The monoisotopic (exact) mass is 546 g/mol. The Kier molecular flexibility index (Phi) is 6.62. The van der Waals surface area contributed by atoms with Crippen LogP contribution in [0.2, 0.25) is 0 Å². The molecule has 0 bridgehead atoms. The number of carboxylic acid groups (broad SMARTS) is 1. The Hall–Kier alpha value is -4.11. The molecule has 0 spiro atoms. The van der Waals surface area contributed by atoms with Gasteiger partial charge in [-0.3, -0.25) is 9.48 Å². The lowest BCUT2D eigenvalue weighted by Gasteiger charge is -2.17. The summed E-state index contributed by atoms with van der Waals surface area (Å²) in [6.07, 6.45) is 3.08. The zero-order chi connectivity index (χ0) is 28.0. The fraction of sp³-hybridized carbons (Fsp3) is 0.355. The molecule has 3 aromatic carbocycles. The highest BCUT2D eigenvalue weighted by Gasteiger charge is 2.32. The third kappa shape index (κ3) is 5.21. The molecular formula is C31H31FN2O6. The number of aryl methyl sites for hydroxylation is 1. The predicted molar refractivity (Wildman–Crippen MR) is 146 cm³/mol. The number of rotatable bonds is 9. The second-order valence-electron chi connectivity index (χ2n) is 11.1. The van der Waals surface area contributed by atoms with Crippen LogP contribution in [0.5, 0.6) is 23.0 Å². The van der Waals surface area contributed by atoms with Gasteiger partial charge in [0.1, 0.15) is 34.9 Å². The standard InChI is InChI=1S/C31H31FN2O6/c1-31(2,37)11-12-34-25-8-4-20(13-18(25)16-33-34)39-26-10-7-24(32)30-23(26)6-9-27(30)40-21-3-5-22-19(14-29(35)36)17-38-28(22)15-21/h3-5,7-8,10,13,15-16,19,27,37H,6,9,11-12,14,17H2,1-2H3,(H,35,36)/t19-,27-/m1/s1. The molecule has 2 heterocycles. The Bertz CT molecular complexity index is 1590. The van der Waals surface area contributed by atoms with Crippen molar-refractivity contribution in [2.24, 2.45) is 0 Å². The van der Waals surface area contributed by atoms with Crippen LogP contribution in [-0.2, 0) is 17.8 Å². The lowest BCUT2D eigenvalue weighted by molar-refractivity contribution is -0.137. The molecule has 0 saturated carbocycles. The van der Waals surface area contributed by atoms with Gasteiger partial charge < -0.3 is 24.4 Å². The molecule has 2 atom stereocenters. The summed E-state index contributed by atoms with van der Waals surface area (Å²) >= 11 is 0. The number of carbonyl (C=O) groups is 1. The molecule has 2 aliphatic rings. The lowest BCUT2D eigenvalue weighted by Crippen LogP contribution is -2.21. The number of aromatic nitrogens is 2. The second-order valence-corrected chi connectivity index (χ2v) is 11.1.